The van der Waals surface area contributed by atoms with Gasteiger partial charge in [-0.15, -0.1) is 0 Å². The van der Waals surface area contributed by atoms with Gasteiger partial charge in [0, 0.05) is 13.0 Å². The predicted molar refractivity (Wildman–Crippen MR) is 67.7 cm³/mol. The molecule has 98 valence electrons. The standard InChI is InChI=1S/C12H23N3O2/c1-5-17-11(16)9-6-7-10(15-14-9)13-8-12(2,3)4/h10,13,15H,5-8H2,1-4H3. The zero-order chi connectivity index (χ0) is 12.9. The Morgan fingerprint density at radius 2 is 2.29 bits per heavy atom. The van der Waals surface area contributed by atoms with Crippen LogP contribution in [0.15, 0.2) is 5.10 Å². The summed E-state index contributed by atoms with van der Waals surface area (Å²) < 4.78 is 4.90. The second kappa shape index (κ2) is 6.00. The van der Waals surface area contributed by atoms with Crippen LogP contribution < -0.4 is 10.7 Å². The monoisotopic (exact) mass is 241 g/mol. The van der Waals surface area contributed by atoms with Crippen molar-refractivity contribution < 1.29 is 9.53 Å². The number of nitrogens with one attached hydrogen (secondary N) is 2. The molecule has 0 fully saturated rings. The van der Waals surface area contributed by atoms with E-state index in [1.807, 2.05) is 0 Å². The van der Waals surface area contributed by atoms with Crippen molar-refractivity contribution in [2.75, 3.05) is 13.2 Å². The van der Waals surface area contributed by atoms with Gasteiger partial charge in [-0.1, -0.05) is 20.8 Å². The van der Waals surface area contributed by atoms with Crippen LogP contribution >= 0.6 is 0 Å². The van der Waals surface area contributed by atoms with Crippen LogP contribution in [0.2, 0.25) is 0 Å². The Labute approximate surface area is 103 Å². The van der Waals surface area contributed by atoms with Gasteiger partial charge >= 0.3 is 5.97 Å². The number of carbonyl (C=O) groups excluding carboxylic acids is 1. The molecule has 0 saturated heterocycles. The van der Waals surface area contributed by atoms with E-state index >= 15 is 0 Å². The van der Waals surface area contributed by atoms with Crippen molar-refractivity contribution in [3.05, 3.63) is 0 Å². The molecule has 1 atom stereocenters. The minimum absolute atomic E-state index is 0.146. The first-order valence-corrected chi connectivity index (χ1v) is 6.15. The van der Waals surface area contributed by atoms with Crippen molar-refractivity contribution in [2.24, 2.45) is 10.5 Å². The van der Waals surface area contributed by atoms with Crippen molar-refractivity contribution in [3.63, 3.8) is 0 Å². The van der Waals surface area contributed by atoms with Crippen LogP contribution in [0.5, 0.6) is 0 Å². The first kappa shape index (κ1) is 14.0. The highest BCUT2D eigenvalue weighted by Crippen LogP contribution is 2.12. The Morgan fingerprint density at radius 1 is 1.59 bits per heavy atom. The fraction of sp³-hybridized carbons (Fsp3) is 0.833. The first-order valence-electron chi connectivity index (χ1n) is 6.15. The summed E-state index contributed by atoms with van der Waals surface area (Å²) in [6, 6.07) is 0. The SMILES string of the molecule is CCOC(=O)C1=NNC(NCC(C)(C)C)CC1. The summed E-state index contributed by atoms with van der Waals surface area (Å²) in [6.45, 7) is 9.63. The van der Waals surface area contributed by atoms with Crippen LogP contribution in [-0.2, 0) is 9.53 Å². The first-order chi connectivity index (χ1) is 7.92. The molecule has 1 heterocycles. The van der Waals surface area contributed by atoms with Gasteiger partial charge in [0.2, 0.25) is 0 Å². The number of hydrazone groups is 1. The highest BCUT2D eigenvalue weighted by atomic mass is 16.5. The summed E-state index contributed by atoms with van der Waals surface area (Å²) in [5.41, 5.74) is 3.69. The fourth-order valence-corrected chi connectivity index (χ4v) is 1.50. The van der Waals surface area contributed by atoms with Gasteiger partial charge in [0.25, 0.3) is 0 Å². The Kier molecular flexibility index (Phi) is 4.93. The van der Waals surface area contributed by atoms with E-state index in [1.165, 1.54) is 0 Å². The van der Waals surface area contributed by atoms with Gasteiger partial charge in [-0.05, 0) is 18.8 Å². The van der Waals surface area contributed by atoms with Crippen LogP contribution in [-0.4, -0.2) is 31.0 Å². The summed E-state index contributed by atoms with van der Waals surface area (Å²) in [7, 11) is 0. The number of hydrogen-bond donors (Lipinski definition) is 2. The van der Waals surface area contributed by atoms with E-state index in [-0.39, 0.29) is 17.6 Å². The summed E-state index contributed by atoms with van der Waals surface area (Å²) in [5.74, 6) is -0.311. The highest BCUT2D eigenvalue weighted by Gasteiger charge is 2.21. The number of nitrogens with zero attached hydrogens (tertiary/aromatic N) is 1. The average Bonchev–Trinajstić information content (AvgIpc) is 2.26. The Bertz CT molecular complexity index is 295. The third-order valence-corrected chi connectivity index (χ3v) is 2.42. The molecule has 0 saturated carbocycles. The molecular formula is C12H23N3O2. The summed E-state index contributed by atoms with van der Waals surface area (Å²) in [6.07, 6.45) is 1.66. The van der Waals surface area contributed by atoms with E-state index in [4.69, 9.17) is 4.74 Å². The van der Waals surface area contributed by atoms with Crippen molar-refractivity contribution in [1.29, 1.82) is 0 Å². The minimum atomic E-state index is -0.311. The van der Waals surface area contributed by atoms with Crippen molar-refractivity contribution >= 4 is 11.7 Å². The van der Waals surface area contributed by atoms with E-state index in [0.717, 1.165) is 13.0 Å². The maximum atomic E-state index is 11.4. The molecule has 0 aromatic rings. The molecule has 1 unspecified atom stereocenters. The molecule has 0 radical (unpaired) electrons. The molecule has 0 amide bonds. The highest BCUT2D eigenvalue weighted by molar-refractivity contribution is 6.36. The topological polar surface area (TPSA) is 62.7 Å². The molecule has 0 aromatic carbocycles. The summed E-state index contributed by atoms with van der Waals surface area (Å²) >= 11 is 0. The molecule has 0 aromatic heterocycles. The van der Waals surface area contributed by atoms with Crippen LogP contribution in [0.25, 0.3) is 0 Å². The van der Waals surface area contributed by atoms with Crippen molar-refractivity contribution in [3.8, 4) is 0 Å². The molecular weight excluding hydrogens is 218 g/mol. The molecule has 1 aliphatic heterocycles. The second-order valence-corrected chi connectivity index (χ2v) is 5.44. The number of rotatable bonds is 4. The lowest BCUT2D eigenvalue weighted by Gasteiger charge is -2.27. The van der Waals surface area contributed by atoms with Crippen molar-refractivity contribution in [1.82, 2.24) is 10.7 Å². The van der Waals surface area contributed by atoms with Gasteiger partial charge in [0.05, 0.1) is 12.8 Å². The zero-order valence-electron chi connectivity index (χ0n) is 11.2. The van der Waals surface area contributed by atoms with E-state index in [2.05, 4.69) is 36.6 Å². The van der Waals surface area contributed by atoms with Crippen LogP contribution in [0, 0.1) is 5.41 Å². The Balaban J connectivity index is 2.36. The smallest absolute Gasteiger partial charge is 0.354 e. The van der Waals surface area contributed by atoms with E-state index in [0.29, 0.717) is 18.7 Å². The normalized spacial score (nSPS) is 20.5. The van der Waals surface area contributed by atoms with Gasteiger partial charge in [0.1, 0.15) is 5.71 Å². The van der Waals surface area contributed by atoms with Gasteiger partial charge in [-0.2, -0.15) is 5.10 Å². The molecule has 5 nitrogen and oxygen atoms in total. The number of hydrogen-bond acceptors (Lipinski definition) is 5. The van der Waals surface area contributed by atoms with Crippen LogP contribution in [0.1, 0.15) is 40.5 Å². The molecule has 2 N–H and O–H groups in total. The van der Waals surface area contributed by atoms with Gasteiger partial charge in [0.15, 0.2) is 0 Å². The van der Waals surface area contributed by atoms with Gasteiger partial charge < -0.3 is 4.74 Å². The second-order valence-electron chi connectivity index (χ2n) is 5.44. The Morgan fingerprint density at radius 3 is 2.76 bits per heavy atom. The Hall–Kier alpha value is -1.10. The van der Waals surface area contributed by atoms with Gasteiger partial charge in [-0.3, -0.25) is 10.7 Å². The summed E-state index contributed by atoms with van der Waals surface area (Å²) in [4.78, 5) is 11.4. The lowest BCUT2D eigenvalue weighted by molar-refractivity contribution is -0.135. The predicted octanol–water partition coefficient (Wildman–Crippen LogP) is 1.25. The van der Waals surface area contributed by atoms with Crippen LogP contribution in [0.4, 0.5) is 0 Å². The fourth-order valence-electron chi connectivity index (χ4n) is 1.50. The lowest BCUT2D eigenvalue weighted by atomic mass is 9.96. The molecule has 1 rings (SSSR count). The van der Waals surface area contributed by atoms with E-state index < -0.39 is 0 Å². The molecule has 0 bridgehead atoms. The number of carbonyl (C=O) groups is 1. The van der Waals surface area contributed by atoms with Crippen molar-refractivity contribution in [2.45, 2.75) is 46.7 Å². The van der Waals surface area contributed by atoms with Crippen LogP contribution in [0.3, 0.4) is 0 Å². The molecule has 1 aliphatic rings. The number of esters is 1. The van der Waals surface area contributed by atoms with Gasteiger partial charge in [-0.25, -0.2) is 4.79 Å². The summed E-state index contributed by atoms with van der Waals surface area (Å²) in [5, 5.41) is 7.44. The lowest BCUT2D eigenvalue weighted by Crippen LogP contribution is -2.46. The number of ether oxygens (including phenoxy) is 1. The van der Waals surface area contributed by atoms with E-state index in [1.54, 1.807) is 6.92 Å². The largest absolute Gasteiger partial charge is 0.461 e. The zero-order valence-corrected chi connectivity index (χ0v) is 11.2. The molecule has 0 spiro atoms. The quantitative estimate of drug-likeness (QED) is 0.727. The maximum absolute atomic E-state index is 11.4. The third-order valence-electron chi connectivity index (χ3n) is 2.42. The average molecular weight is 241 g/mol. The molecule has 0 aliphatic carbocycles. The maximum Gasteiger partial charge on any atom is 0.354 e. The molecule has 17 heavy (non-hydrogen) atoms. The van der Waals surface area contributed by atoms with E-state index in [9.17, 15) is 4.79 Å². The minimum Gasteiger partial charge on any atom is -0.461 e. The third kappa shape index (κ3) is 5.17. The molecule has 5 heteroatoms.